The van der Waals surface area contributed by atoms with E-state index in [0.717, 1.165) is 11.1 Å². The zero-order valence-electron chi connectivity index (χ0n) is 14.0. The SMILES string of the molecule is Cc1ccc(NC(=O)C(=O)c2cccn2Cc2ccc(F)cc2)c(Cl)c1. The minimum atomic E-state index is -0.769. The Kier molecular flexibility index (Phi) is 5.19. The molecular weight excluding hydrogens is 355 g/mol. The molecule has 0 bridgehead atoms. The fourth-order valence-corrected chi connectivity index (χ4v) is 2.84. The normalized spacial score (nSPS) is 10.6. The van der Waals surface area contributed by atoms with Gasteiger partial charge in [-0.15, -0.1) is 0 Å². The molecule has 0 saturated carbocycles. The summed E-state index contributed by atoms with van der Waals surface area (Å²) in [6.07, 6.45) is 1.70. The van der Waals surface area contributed by atoms with E-state index >= 15 is 0 Å². The molecule has 0 radical (unpaired) electrons. The van der Waals surface area contributed by atoms with Crippen LogP contribution < -0.4 is 5.32 Å². The molecule has 132 valence electrons. The molecule has 4 nitrogen and oxygen atoms in total. The van der Waals surface area contributed by atoms with E-state index in [1.165, 1.54) is 12.1 Å². The lowest BCUT2D eigenvalue weighted by Gasteiger charge is -2.10. The topological polar surface area (TPSA) is 51.1 Å². The van der Waals surface area contributed by atoms with Gasteiger partial charge in [0.05, 0.1) is 16.4 Å². The molecule has 0 atom stereocenters. The number of carbonyl (C=O) groups excluding carboxylic acids is 2. The first-order valence-electron chi connectivity index (χ1n) is 7.95. The van der Waals surface area contributed by atoms with Crippen molar-refractivity contribution < 1.29 is 14.0 Å². The Morgan fingerprint density at radius 1 is 1.12 bits per heavy atom. The highest BCUT2D eigenvalue weighted by atomic mass is 35.5. The van der Waals surface area contributed by atoms with E-state index in [-0.39, 0.29) is 11.5 Å². The zero-order valence-corrected chi connectivity index (χ0v) is 14.8. The van der Waals surface area contributed by atoms with Gasteiger partial charge in [-0.2, -0.15) is 0 Å². The maximum atomic E-state index is 13.0. The maximum Gasteiger partial charge on any atom is 0.298 e. The van der Waals surface area contributed by atoms with Crippen molar-refractivity contribution in [3.05, 3.63) is 88.5 Å². The number of ketones is 1. The van der Waals surface area contributed by atoms with Gasteiger partial charge in [0.25, 0.3) is 11.7 Å². The molecule has 0 aliphatic rings. The smallest absolute Gasteiger partial charge is 0.298 e. The van der Waals surface area contributed by atoms with Gasteiger partial charge >= 0.3 is 0 Å². The predicted octanol–water partition coefficient (Wildman–Crippen LogP) is 4.46. The summed E-state index contributed by atoms with van der Waals surface area (Å²) in [5, 5.41) is 2.91. The highest BCUT2D eigenvalue weighted by Gasteiger charge is 2.20. The summed E-state index contributed by atoms with van der Waals surface area (Å²) in [4.78, 5) is 24.8. The van der Waals surface area contributed by atoms with Gasteiger partial charge < -0.3 is 9.88 Å². The number of benzene rings is 2. The fraction of sp³-hybridized carbons (Fsp3) is 0.100. The molecular formula is C20H16ClFN2O2. The predicted molar refractivity (Wildman–Crippen MR) is 99.1 cm³/mol. The van der Waals surface area contributed by atoms with Crippen LogP contribution in [-0.2, 0) is 11.3 Å². The fourth-order valence-electron chi connectivity index (χ4n) is 2.56. The number of nitrogens with zero attached hydrogens (tertiary/aromatic N) is 1. The number of rotatable bonds is 5. The number of amides is 1. The number of hydrogen-bond donors (Lipinski definition) is 1. The number of Topliss-reactive ketones (excluding diaryl/α,β-unsaturated/α-hetero) is 1. The van der Waals surface area contributed by atoms with Crippen LogP contribution in [0.25, 0.3) is 0 Å². The standard InChI is InChI=1S/C20H16ClFN2O2/c1-13-4-9-17(16(21)11-13)23-20(26)19(25)18-3-2-10-24(18)12-14-5-7-15(22)8-6-14/h2-11H,12H2,1H3,(H,23,26). The van der Waals surface area contributed by atoms with Gasteiger partial charge in [-0.1, -0.05) is 29.8 Å². The maximum absolute atomic E-state index is 13.0. The summed E-state index contributed by atoms with van der Waals surface area (Å²) >= 11 is 6.09. The number of carbonyl (C=O) groups is 2. The monoisotopic (exact) mass is 370 g/mol. The molecule has 3 rings (SSSR count). The highest BCUT2D eigenvalue weighted by Crippen LogP contribution is 2.23. The van der Waals surface area contributed by atoms with Crippen LogP contribution in [0.3, 0.4) is 0 Å². The number of anilines is 1. The number of nitrogens with one attached hydrogen (secondary N) is 1. The number of aromatic nitrogens is 1. The average molecular weight is 371 g/mol. The molecule has 0 aliphatic heterocycles. The van der Waals surface area contributed by atoms with Gasteiger partial charge in [0, 0.05) is 12.7 Å². The molecule has 26 heavy (non-hydrogen) atoms. The van der Waals surface area contributed by atoms with Crippen LogP contribution in [0.1, 0.15) is 21.6 Å². The van der Waals surface area contributed by atoms with Gasteiger partial charge in [-0.25, -0.2) is 4.39 Å². The summed E-state index contributed by atoms with van der Waals surface area (Å²) in [7, 11) is 0. The van der Waals surface area contributed by atoms with Gasteiger partial charge in [0.2, 0.25) is 0 Å². The second-order valence-electron chi connectivity index (χ2n) is 5.91. The molecule has 0 fully saturated rings. The van der Waals surface area contributed by atoms with E-state index in [1.807, 2.05) is 6.92 Å². The van der Waals surface area contributed by atoms with Crippen LogP contribution >= 0.6 is 11.6 Å². The van der Waals surface area contributed by atoms with E-state index in [4.69, 9.17) is 11.6 Å². The lowest BCUT2D eigenvalue weighted by atomic mass is 10.2. The average Bonchev–Trinajstić information content (AvgIpc) is 3.06. The Morgan fingerprint density at radius 3 is 2.54 bits per heavy atom. The summed E-state index contributed by atoms with van der Waals surface area (Å²) < 4.78 is 14.7. The zero-order chi connectivity index (χ0) is 18.7. The molecule has 1 aromatic heterocycles. The summed E-state index contributed by atoms with van der Waals surface area (Å²) in [5.41, 5.74) is 2.40. The minimum absolute atomic E-state index is 0.245. The van der Waals surface area contributed by atoms with Crippen molar-refractivity contribution in [2.24, 2.45) is 0 Å². The third-order valence-corrected chi connectivity index (χ3v) is 4.22. The molecule has 6 heteroatoms. The van der Waals surface area contributed by atoms with Crippen molar-refractivity contribution in [2.75, 3.05) is 5.32 Å². The van der Waals surface area contributed by atoms with Gasteiger partial charge in [0.1, 0.15) is 5.82 Å². The first kappa shape index (κ1) is 17.9. The minimum Gasteiger partial charge on any atom is -0.340 e. The van der Waals surface area contributed by atoms with Gasteiger partial charge in [-0.3, -0.25) is 9.59 Å². The van der Waals surface area contributed by atoms with E-state index in [2.05, 4.69) is 5.32 Å². The third kappa shape index (κ3) is 4.00. The number of halogens is 2. The summed E-state index contributed by atoms with van der Waals surface area (Å²) in [6.45, 7) is 2.23. The third-order valence-electron chi connectivity index (χ3n) is 3.91. The molecule has 0 aliphatic carbocycles. The van der Waals surface area contributed by atoms with Crippen molar-refractivity contribution in [2.45, 2.75) is 13.5 Å². The van der Waals surface area contributed by atoms with E-state index in [0.29, 0.717) is 17.3 Å². The Balaban J connectivity index is 1.76. The van der Waals surface area contributed by atoms with Crippen LogP contribution in [0.15, 0.2) is 60.8 Å². The van der Waals surface area contributed by atoms with Crippen molar-refractivity contribution >= 4 is 29.0 Å². The van der Waals surface area contributed by atoms with E-state index < -0.39 is 11.7 Å². The summed E-state index contributed by atoms with van der Waals surface area (Å²) in [5.74, 6) is -1.77. The molecule has 0 saturated heterocycles. The largest absolute Gasteiger partial charge is 0.340 e. The Bertz CT molecular complexity index is 964. The lowest BCUT2D eigenvalue weighted by Crippen LogP contribution is -2.25. The molecule has 1 amide bonds. The van der Waals surface area contributed by atoms with Crippen molar-refractivity contribution in [1.29, 1.82) is 0 Å². The van der Waals surface area contributed by atoms with Crippen LogP contribution in [0.2, 0.25) is 5.02 Å². The Morgan fingerprint density at radius 2 is 1.85 bits per heavy atom. The molecule has 1 N–H and O–H groups in total. The van der Waals surface area contributed by atoms with Crippen molar-refractivity contribution in [1.82, 2.24) is 4.57 Å². The van der Waals surface area contributed by atoms with Gasteiger partial charge in [-0.05, 0) is 54.4 Å². The number of aryl methyl sites for hydroxylation is 1. The highest BCUT2D eigenvalue weighted by molar-refractivity contribution is 6.47. The molecule has 2 aromatic carbocycles. The van der Waals surface area contributed by atoms with E-state index in [9.17, 15) is 14.0 Å². The lowest BCUT2D eigenvalue weighted by molar-refractivity contribution is -0.112. The molecule has 0 unspecified atom stereocenters. The van der Waals surface area contributed by atoms with Crippen molar-refractivity contribution in [3.63, 3.8) is 0 Å². The van der Waals surface area contributed by atoms with Crippen LogP contribution in [-0.4, -0.2) is 16.3 Å². The second-order valence-corrected chi connectivity index (χ2v) is 6.32. The quantitative estimate of drug-likeness (QED) is 0.532. The Labute approximate surface area is 155 Å². The Hall–Kier alpha value is -2.92. The number of hydrogen-bond acceptors (Lipinski definition) is 2. The van der Waals surface area contributed by atoms with E-state index in [1.54, 1.807) is 53.2 Å². The molecule has 0 spiro atoms. The van der Waals surface area contributed by atoms with Crippen LogP contribution in [0, 0.1) is 12.7 Å². The van der Waals surface area contributed by atoms with Crippen LogP contribution in [0.4, 0.5) is 10.1 Å². The van der Waals surface area contributed by atoms with Gasteiger partial charge in [0.15, 0.2) is 0 Å². The van der Waals surface area contributed by atoms with Crippen LogP contribution in [0.5, 0.6) is 0 Å². The first-order chi connectivity index (χ1) is 12.4. The van der Waals surface area contributed by atoms with Crippen molar-refractivity contribution in [3.8, 4) is 0 Å². The first-order valence-corrected chi connectivity index (χ1v) is 8.33. The summed E-state index contributed by atoms with van der Waals surface area (Å²) in [6, 6.07) is 14.4. The molecule has 3 aromatic rings. The molecule has 1 heterocycles. The second kappa shape index (κ2) is 7.54.